The lowest BCUT2D eigenvalue weighted by atomic mass is 9.90. The molecule has 1 aromatic carbocycles. The Bertz CT molecular complexity index is 350. The Kier molecular flexibility index (Phi) is 4.22. The SMILES string of the molecule is CC(C)Cc1cccc(C(N)C2CCCC2)c1. The predicted molar refractivity (Wildman–Crippen MR) is 73.9 cm³/mol. The first-order chi connectivity index (χ1) is 8.16. The third-order valence-electron chi connectivity index (χ3n) is 3.89. The zero-order chi connectivity index (χ0) is 12.3. The molecule has 94 valence electrons. The largest absolute Gasteiger partial charge is 0.324 e. The second-order valence-corrected chi connectivity index (χ2v) is 5.91. The lowest BCUT2D eigenvalue weighted by Gasteiger charge is -2.20. The van der Waals surface area contributed by atoms with Crippen molar-refractivity contribution in [1.82, 2.24) is 0 Å². The average Bonchev–Trinajstić information content (AvgIpc) is 2.81. The molecular weight excluding hydrogens is 206 g/mol. The van der Waals surface area contributed by atoms with Gasteiger partial charge < -0.3 is 5.73 Å². The van der Waals surface area contributed by atoms with Crippen LogP contribution in [0.25, 0.3) is 0 Å². The smallest absolute Gasteiger partial charge is 0.0323 e. The van der Waals surface area contributed by atoms with Crippen LogP contribution in [0.1, 0.15) is 56.7 Å². The average molecular weight is 231 g/mol. The van der Waals surface area contributed by atoms with Crippen molar-refractivity contribution in [3.05, 3.63) is 35.4 Å². The molecule has 1 aliphatic carbocycles. The van der Waals surface area contributed by atoms with Gasteiger partial charge in [0, 0.05) is 6.04 Å². The second kappa shape index (κ2) is 5.68. The predicted octanol–water partition coefficient (Wildman–Crippen LogP) is 4.08. The minimum atomic E-state index is 0.254. The lowest BCUT2D eigenvalue weighted by Crippen LogP contribution is -2.19. The highest BCUT2D eigenvalue weighted by Gasteiger charge is 2.23. The maximum Gasteiger partial charge on any atom is 0.0323 e. The molecule has 0 aromatic heterocycles. The molecule has 1 unspecified atom stereocenters. The van der Waals surface area contributed by atoms with Crippen molar-refractivity contribution in [1.29, 1.82) is 0 Å². The van der Waals surface area contributed by atoms with Crippen LogP contribution in [-0.4, -0.2) is 0 Å². The van der Waals surface area contributed by atoms with Gasteiger partial charge in [0.15, 0.2) is 0 Å². The highest BCUT2D eigenvalue weighted by molar-refractivity contribution is 5.26. The van der Waals surface area contributed by atoms with Crippen LogP contribution in [0.3, 0.4) is 0 Å². The summed E-state index contributed by atoms with van der Waals surface area (Å²) < 4.78 is 0. The van der Waals surface area contributed by atoms with Crippen LogP contribution in [0.15, 0.2) is 24.3 Å². The van der Waals surface area contributed by atoms with Crippen molar-refractivity contribution in [3.63, 3.8) is 0 Å². The molecule has 0 radical (unpaired) electrons. The van der Waals surface area contributed by atoms with E-state index in [2.05, 4.69) is 38.1 Å². The summed E-state index contributed by atoms with van der Waals surface area (Å²) in [4.78, 5) is 0. The minimum Gasteiger partial charge on any atom is -0.324 e. The first-order valence-electron chi connectivity index (χ1n) is 7.01. The molecule has 1 aliphatic rings. The van der Waals surface area contributed by atoms with Crippen molar-refractivity contribution in [2.45, 2.75) is 52.0 Å². The highest BCUT2D eigenvalue weighted by Crippen LogP contribution is 2.34. The summed E-state index contributed by atoms with van der Waals surface area (Å²) in [5.41, 5.74) is 9.18. The lowest BCUT2D eigenvalue weighted by molar-refractivity contribution is 0.444. The molecule has 1 fully saturated rings. The zero-order valence-corrected chi connectivity index (χ0v) is 11.2. The van der Waals surface area contributed by atoms with Crippen LogP contribution in [0.2, 0.25) is 0 Å². The molecule has 0 bridgehead atoms. The fraction of sp³-hybridized carbons (Fsp3) is 0.625. The molecule has 1 aromatic rings. The molecule has 1 heteroatoms. The maximum atomic E-state index is 6.40. The summed E-state index contributed by atoms with van der Waals surface area (Å²) >= 11 is 0. The van der Waals surface area contributed by atoms with Crippen LogP contribution in [0.4, 0.5) is 0 Å². The quantitative estimate of drug-likeness (QED) is 0.830. The van der Waals surface area contributed by atoms with Gasteiger partial charge in [-0.2, -0.15) is 0 Å². The number of hydrogen-bond donors (Lipinski definition) is 1. The van der Waals surface area contributed by atoms with Gasteiger partial charge in [-0.1, -0.05) is 51.0 Å². The molecule has 17 heavy (non-hydrogen) atoms. The third-order valence-corrected chi connectivity index (χ3v) is 3.89. The van der Waals surface area contributed by atoms with E-state index in [1.54, 1.807) is 0 Å². The van der Waals surface area contributed by atoms with E-state index in [9.17, 15) is 0 Å². The minimum absolute atomic E-state index is 0.254. The summed E-state index contributed by atoms with van der Waals surface area (Å²) in [7, 11) is 0. The van der Waals surface area contributed by atoms with Crippen molar-refractivity contribution in [3.8, 4) is 0 Å². The number of rotatable bonds is 4. The molecule has 0 spiro atoms. The fourth-order valence-corrected chi connectivity index (χ4v) is 2.99. The van der Waals surface area contributed by atoms with Gasteiger partial charge in [0.05, 0.1) is 0 Å². The summed E-state index contributed by atoms with van der Waals surface area (Å²) in [5.74, 6) is 1.43. The van der Waals surface area contributed by atoms with Gasteiger partial charge in [-0.15, -0.1) is 0 Å². The van der Waals surface area contributed by atoms with E-state index in [-0.39, 0.29) is 6.04 Å². The molecule has 2 N–H and O–H groups in total. The summed E-state index contributed by atoms with van der Waals surface area (Å²) in [6.45, 7) is 4.53. The molecule has 1 saturated carbocycles. The van der Waals surface area contributed by atoms with Gasteiger partial charge in [0.25, 0.3) is 0 Å². The van der Waals surface area contributed by atoms with E-state index < -0.39 is 0 Å². The monoisotopic (exact) mass is 231 g/mol. The standard InChI is InChI=1S/C16H25N/c1-12(2)10-13-6-5-9-15(11-13)16(17)14-7-3-4-8-14/h5-6,9,11-12,14,16H,3-4,7-8,10,17H2,1-2H3. The summed E-state index contributed by atoms with van der Waals surface area (Å²) in [6, 6.07) is 9.17. The van der Waals surface area contributed by atoms with E-state index >= 15 is 0 Å². The van der Waals surface area contributed by atoms with Crippen LogP contribution in [-0.2, 0) is 6.42 Å². The van der Waals surface area contributed by atoms with E-state index in [0.29, 0.717) is 11.8 Å². The van der Waals surface area contributed by atoms with Crippen molar-refractivity contribution >= 4 is 0 Å². The Balaban J connectivity index is 2.09. The van der Waals surface area contributed by atoms with Crippen molar-refractivity contribution < 1.29 is 0 Å². The second-order valence-electron chi connectivity index (χ2n) is 5.91. The van der Waals surface area contributed by atoms with Crippen molar-refractivity contribution in [2.75, 3.05) is 0 Å². The molecule has 0 aliphatic heterocycles. The van der Waals surface area contributed by atoms with Gasteiger partial charge in [-0.3, -0.25) is 0 Å². The van der Waals surface area contributed by atoms with Gasteiger partial charge in [-0.05, 0) is 42.2 Å². The Hall–Kier alpha value is -0.820. The third kappa shape index (κ3) is 3.32. The summed E-state index contributed by atoms with van der Waals surface area (Å²) in [5, 5.41) is 0. The van der Waals surface area contributed by atoms with Gasteiger partial charge >= 0.3 is 0 Å². The molecule has 0 heterocycles. The molecule has 2 rings (SSSR count). The zero-order valence-electron chi connectivity index (χ0n) is 11.2. The van der Waals surface area contributed by atoms with Crippen molar-refractivity contribution in [2.24, 2.45) is 17.6 Å². The normalized spacial score (nSPS) is 18.8. The first-order valence-corrected chi connectivity index (χ1v) is 7.01. The van der Waals surface area contributed by atoms with E-state index in [0.717, 1.165) is 6.42 Å². The van der Waals surface area contributed by atoms with E-state index in [4.69, 9.17) is 5.73 Å². The number of nitrogens with two attached hydrogens (primary N) is 1. The van der Waals surface area contributed by atoms with Gasteiger partial charge in [0.2, 0.25) is 0 Å². The Labute approximate surface area is 105 Å². The topological polar surface area (TPSA) is 26.0 Å². The van der Waals surface area contributed by atoms with Gasteiger partial charge in [-0.25, -0.2) is 0 Å². The Morgan fingerprint density at radius 3 is 2.59 bits per heavy atom. The Morgan fingerprint density at radius 2 is 1.94 bits per heavy atom. The van der Waals surface area contributed by atoms with Crippen LogP contribution in [0, 0.1) is 11.8 Å². The van der Waals surface area contributed by atoms with Crippen LogP contribution in [0.5, 0.6) is 0 Å². The molecule has 1 nitrogen and oxygen atoms in total. The number of hydrogen-bond acceptors (Lipinski definition) is 1. The maximum absolute atomic E-state index is 6.40. The fourth-order valence-electron chi connectivity index (χ4n) is 2.99. The van der Waals surface area contributed by atoms with Crippen LogP contribution < -0.4 is 5.73 Å². The highest BCUT2D eigenvalue weighted by atomic mass is 14.7. The molecule has 0 amide bonds. The Morgan fingerprint density at radius 1 is 1.24 bits per heavy atom. The summed E-state index contributed by atoms with van der Waals surface area (Å²) in [6.07, 6.45) is 6.52. The molecule has 1 atom stereocenters. The van der Waals surface area contributed by atoms with E-state index in [1.165, 1.54) is 36.8 Å². The molecule has 0 saturated heterocycles. The van der Waals surface area contributed by atoms with E-state index in [1.807, 2.05) is 0 Å². The number of benzene rings is 1. The molecular formula is C16H25N. The van der Waals surface area contributed by atoms with Crippen LogP contribution >= 0.6 is 0 Å². The van der Waals surface area contributed by atoms with Gasteiger partial charge in [0.1, 0.15) is 0 Å². The first kappa shape index (κ1) is 12.6.